The third-order valence-electron chi connectivity index (χ3n) is 3.10. The molecule has 1 aromatic carbocycles. The Morgan fingerprint density at radius 2 is 1.90 bits per heavy atom. The van der Waals surface area contributed by atoms with Gasteiger partial charge in [-0.1, -0.05) is 18.2 Å². The van der Waals surface area contributed by atoms with Gasteiger partial charge in [0.2, 0.25) is 10.0 Å². The molecule has 0 radical (unpaired) electrons. The molecule has 0 spiro atoms. The van der Waals surface area contributed by atoms with E-state index in [-0.39, 0.29) is 22.7 Å². The number of sulfonamides is 1. The van der Waals surface area contributed by atoms with E-state index >= 15 is 0 Å². The minimum atomic E-state index is -3.69. The van der Waals surface area contributed by atoms with Crippen molar-refractivity contribution in [2.45, 2.75) is 23.9 Å². The molecular formula is C12H16N2O4S2. The number of nitrogens with two attached hydrogens (primary N) is 1. The predicted octanol–water partition coefficient (Wildman–Crippen LogP) is 0.295. The Hall–Kier alpha value is -1.22. The van der Waals surface area contributed by atoms with Crippen LogP contribution in [0, 0.1) is 0 Å². The molecule has 0 saturated carbocycles. The van der Waals surface area contributed by atoms with Crippen molar-refractivity contribution in [2.24, 2.45) is 5.14 Å². The first-order valence-corrected chi connectivity index (χ1v) is 9.23. The monoisotopic (exact) mass is 316 g/mol. The molecular weight excluding hydrogens is 300 g/mol. The topological polar surface area (TPSA) is 106 Å². The third kappa shape index (κ3) is 3.66. The van der Waals surface area contributed by atoms with Crippen molar-refractivity contribution in [1.29, 1.82) is 0 Å². The van der Waals surface area contributed by atoms with Crippen molar-refractivity contribution >= 4 is 19.9 Å². The Morgan fingerprint density at radius 3 is 2.35 bits per heavy atom. The molecule has 0 saturated heterocycles. The highest BCUT2D eigenvalue weighted by Gasteiger charge is 2.23. The molecule has 2 unspecified atom stereocenters. The molecule has 6 nitrogen and oxygen atoms in total. The van der Waals surface area contributed by atoms with Gasteiger partial charge in [-0.3, -0.25) is 0 Å². The normalized spacial score (nSPS) is 22.8. The summed E-state index contributed by atoms with van der Waals surface area (Å²) in [6.07, 6.45) is 1.62. The maximum Gasteiger partial charge on any atom is 0.238 e. The van der Waals surface area contributed by atoms with Gasteiger partial charge in [0, 0.05) is 17.5 Å². The molecule has 1 aromatic rings. The summed E-state index contributed by atoms with van der Waals surface area (Å²) >= 11 is 0. The maximum absolute atomic E-state index is 11.3. The van der Waals surface area contributed by atoms with E-state index in [1.807, 2.05) is 6.92 Å². The molecule has 0 aromatic heterocycles. The second kappa shape index (κ2) is 5.28. The van der Waals surface area contributed by atoms with Gasteiger partial charge < -0.3 is 5.32 Å². The van der Waals surface area contributed by atoms with Crippen LogP contribution in [0.2, 0.25) is 0 Å². The standard InChI is InChI=1S/C12H16N2O4S2/c1-9(14-11-6-7-19(15,16)8-11)10-2-4-12(5-3-10)20(13,17)18/h2-7,9,11,14H,8H2,1H3,(H2,13,17,18). The molecule has 2 atom stereocenters. The third-order valence-corrected chi connectivity index (χ3v) is 5.43. The lowest BCUT2D eigenvalue weighted by atomic mass is 10.1. The van der Waals surface area contributed by atoms with Gasteiger partial charge in [0.15, 0.2) is 9.84 Å². The van der Waals surface area contributed by atoms with Gasteiger partial charge in [-0.15, -0.1) is 0 Å². The van der Waals surface area contributed by atoms with Crippen molar-refractivity contribution in [3.63, 3.8) is 0 Å². The molecule has 110 valence electrons. The van der Waals surface area contributed by atoms with Gasteiger partial charge in [-0.05, 0) is 24.6 Å². The van der Waals surface area contributed by atoms with Crippen LogP contribution in [0.4, 0.5) is 0 Å². The smallest absolute Gasteiger partial charge is 0.238 e. The van der Waals surface area contributed by atoms with E-state index in [1.165, 1.54) is 17.5 Å². The molecule has 0 fully saturated rings. The Bertz CT molecular complexity index is 721. The molecule has 3 N–H and O–H groups in total. The lowest BCUT2D eigenvalue weighted by molar-refractivity contribution is 0.534. The van der Waals surface area contributed by atoms with E-state index in [0.717, 1.165) is 5.56 Å². The fraction of sp³-hybridized carbons (Fsp3) is 0.333. The number of rotatable bonds is 4. The van der Waals surface area contributed by atoms with Crippen LogP contribution in [0.5, 0.6) is 0 Å². The lowest BCUT2D eigenvalue weighted by Gasteiger charge is -2.18. The minimum absolute atomic E-state index is 0.0482. The van der Waals surface area contributed by atoms with Crippen molar-refractivity contribution in [3.8, 4) is 0 Å². The summed E-state index contributed by atoms with van der Waals surface area (Å²) in [4.78, 5) is 0.0526. The summed E-state index contributed by atoms with van der Waals surface area (Å²) in [5.41, 5.74) is 0.857. The van der Waals surface area contributed by atoms with Crippen molar-refractivity contribution < 1.29 is 16.8 Å². The molecule has 8 heteroatoms. The van der Waals surface area contributed by atoms with Gasteiger partial charge in [0.05, 0.1) is 10.6 Å². The fourth-order valence-corrected chi connectivity index (χ4v) is 3.81. The van der Waals surface area contributed by atoms with E-state index in [2.05, 4.69) is 5.32 Å². The van der Waals surface area contributed by atoms with Crippen molar-refractivity contribution in [2.75, 3.05) is 5.75 Å². The average Bonchev–Trinajstić information content (AvgIpc) is 2.67. The SMILES string of the molecule is CC(NC1C=CS(=O)(=O)C1)c1ccc(S(N)(=O)=O)cc1. The van der Waals surface area contributed by atoms with Gasteiger partial charge in [-0.25, -0.2) is 22.0 Å². The quantitative estimate of drug-likeness (QED) is 0.830. The van der Waals surface area contributed by atoms with Gasteiger partial charge in [-0.2, -0.15) is 0 Å². The number of primary sulfonamides is 1. The molecule has 0 amide bonds. The molecule has 0 bridgehead atoms. The largest absolute Gasteiger partial charge is 0.303 e. The van der Waals surface area contributed by atoms with Crippen LogP contribution >= 0.6 is 0 Å². The van der Waals surface area contributed by atoms with Crippen LogP contribution in [0.15, 0.2) is 40.6 Å². The van der Waals surface area contributed by atoms with Crippen molar-refractivity contribution in [3.05, 3.63) is 41.3 Å². The molecule has 20 heavy (non-hydrogen) atoms. The van der Waals surface area contributed by atoms with Crippen LogP contribution in [0.25, 0.3) is 0 Å². The number of nitrogens with one attached hydrogen (secondary N) is 1. The Labute approximate surface area is 118 Å². The highest BCUT2D eigenvalue weighted by Crippen LogP contribution is 2.18. The predicted molar refractivity (Wildman–Crippen MR) is 76.1 cm³/mol. The van der Waals surface area contributed by atoms with E-state index in [4.69, 9.17) is 5.14 Å². The van der Waals surface area contributed by atoms with E-state index < -0.39 is 19.9 Å². The molecule has 1 heterocycles. The maximum atomic E-state index is 11.3. The lowest BCUT2D eigenvalue weighted by Crippen LogP contribution is -2.32. The molecule has 0 aliphatic carbocycles. The summed E-state index contributed by atoms with van der Waals surface area (Å²) in [5, 5.41) is 9.40. The van der Waals surface area contributed by atoms with Crippen molar-refractivity contribution in [1.82, 2.24) is 5.32 Å². The number of benzene rings is 1. The van der Waals surface area contributed by atoms with Crippen LogP contribution in [-0.4, -0.2) is 28.6 Å². The number of hydrogen-bond acceptors (Lipinski definition) is 5. The van der Waals surface area contributed by atoms with Crippen LogP contribution in [0.1, 0.15) is 18.5 Å². The zero-order chi connectivity index (χ0) is 15.0. The zero-order valence-electron chi connectivity index (χ0n) is 10.9. The highest BCUT2D eigenvalue weighted by molar-refractivity contribution is 7.94. The Balaban J connectivity index is 2.07. The summed E-state index contributed by atoms with van der Waals surface area (Å²) in [6, 6.07) is 5.85. The number of sulfone groups is 1. The van der Waals surface area contributed by atoms with Gasteiger partial charge >= 0.3 is 0 Å². The summed E-state index contributed by atoms with van der Waals surface area (Å²) in [7, 11) is -6.78. The van der Waals surface area contributed by atoms with E-state index in [0.29, 0.717) is 0 Å². The first-order chi connectivity index (χ1) is 9.17. The first kappa shape index (κ1) is 15.2. The summed E-state index contributed by atoms with van der Waals surface area (Å²) in [5.74, 6) is 0.0482. The summed E-state index contributed by atoms with van der Waals surface area (Å²) < 4.78 is 44.9. The Morgan fingerprint density at radius 1 is 1.30 bits per heavy atom. The second-order valence-electron chi connectivity index (χ2n) is 4.77. The van der Waals surface area contributed by atoms with E-state index in [1.54, 1.807) is 18.2 Å². The Kier molecular flexibility index (Phi) is 4.01. The fourth-order valence-electron chi connectivity index (χ4n) is 2.04. The molecule has 1 aliphatic heterocycles. The van der Waals surface area contributed by atoms with Crippen LogP contribution < -0.4 is 10.5 Å². The average molecular weight is 316 g/mol. The van der Waals surface area contributed by atoms with Crippen LogP contribution in [0.3, 0.4) is 0 Å². The van der Waals surface area contributed by atoms with E-state index in [9.17, 15) is 16.8 Å². The van der Waals surface area contributed by atoms with Gasteiger partial charge in [0.25, 0.3) is 0 Å². The number of hydrogen-bond donors (Lipinski definition) is 2. The zero-order valence-corrected chi connectivity index (χ0v) is 12.5. The molecule has 2 rings (SSSR count). The van der Waals surface area contributed by atoms with Crippen LogP contribution in [-0.2, 0) is 19.9 Å². The highest BCUT2D eigenvalue weighted by atomic mass is 32.2. The second-order valence-corrected chi connectivity index (χ2v) is 8.26. The molecule has 1 aliphatic rings. The summed E-state index contributed by atoms with van der Waals surface area (Å²) in [6.45, 7) is 1.88. The van der Waals surface area contributed by atoms with Gasteiger partial charge in [0.1, 0.15) is 0 Å². The first-order valence-electron chi connectivity index (χ1n) is 5.97. The minimum Gasteiger partial charge on any atom is -0.303 e.